The van der Waals surface area contributed by atoms with Crippen LogP contribution in [-0.2, 0) is 20.0 Å². The Kier molecular flexibility index (Phi) is 4.37. The number of hydrogen-bond donors (Lipinski definition) is 1. The number of carbonyl (C=O) groups is 1. The highest BCUT2D eigenvalue weighted by Crippen LogP contribution is 2.66. The molecule has 2 atom stereocenters. The maximum absolute atomic E-state index is 13.7. The first kappa shape index (κ1) is 20.4. The Morgan fingerprint density at radius 1 is 1.06 bits per heavy atom. The van der Waals surface area contributed by atoms with Crippen LogP contribution < -0.4 is 5.32 Å². The SMILES string of the molecule is CS(=O)(=O)c1ccc2nc(NC(=O)C34C[C@H]5C[C@H](C3)CC(c3ccccc3)(C5)C4)sc2c1. The molecule has 4 fully saturated rings. The summed E-state index contributed by atoms with van der Waals surface area (Å²) in [6, 6.07) is 15.7. The molecule has 7 rings (SSSR count). The Bertz CT molecular complexity index is 1320. The average Bonchev–Trinajstić information content (AvgIpc) is 3.14. The number of amides is 1. The molecule has 4 aliphatic rings. The summed E-state index contributed by atoms with van der Waals surface area (Å²) in [6.07, 6.45) is 7.68. The Balaban J connectivity index is 1.31. The molecule has 32 heavy (non-hydrogen) atoms. The molecule has 0 unspecified atom stereocenters. The van der Waals surface area contributed by atoms with E-state index in [0.29, 0.717) is 22.5 Å². The van der Waals surface area contributed by atoms with E-state index >= 15 is 0 Å². The number of thiazole rings is 1. The first-order valence-electron chi connectivity index (χ1n) is 11.2. The van der Waals surface area contributed by atoms with Crippen molar-refractivity contribution in [2.24, 2.45) is 17.3 Å². The van der Waals surface area contributed by atoms with Crippen LogP contribution >= 0.6 is 11.3 Å². The molecule has 166 valence electrons. The minimum Gasteiger partial charge on any atom is -0.301 e. The predicted molar refractivity (Wildman–Crippen MR) is 127 cm³/mol. The lowest BCUT2D eigenvalue weighted by molar-refractivity contribution is -0.143. The fraction of sp³-hybridized carbons (Fsp3) is 0.440. The molecule has 1 N–H and O–H groups in total. The summed E-state index contributed by atoms with van der Waals surface area (Å²) < 4.78 is 24.5. The van der Waals surface area contributed by atoms with Gasteiger partial charge in [0.05, 0.1) is 20.5 Å². The zero-order valence-corrected chi connectivity index (χ0v) is 19.6. The van der Waals surface area contributed by atoms with E-state index in [2.05, 4.69) is 40.6 Å². The van der Waals surface area contributed by atoms with Gasteiger partial charge in [-0.25, -0.2) is 13.4 Å². The molecule has 0 saturated heterocycles. The van der Waals surface area contributed by atoms with Gasteiger partial charge < -0.3 is 5.32 Å². The van der Waals surface area contributed by atoms with Crippen LogP contribution in [0.5, 0.6) is 0 Å². The molecule has 7 heteroatoms. The molecular formula is C25H26N2O3S2. The van der Waals surface area contributed by atoms with Gasteiger partial charge in [-0.2, -0.15) is 0 Å². The summed E-state index contributed by atoms with van der Waals surface area (Å²) in [4.78, 5) is 18.5. The minimum absolute atomic E-state index is 0.0919. The number of carbonyl (C=O) groups excluding carboxylic acids is 1. The van der Waals surface area contributed by atoms with Crippen LogP contribution in [-0.4, -0.2) is 25.6 Å². The first-order chi connectivity index (χ1) is 15.2. The maximum atomic E-state index is 13.7. The van der Waals surface area contributed by atoms with Crippen molar-refractivity contribution in [3.63, 3.8) is 0 Å². The lowest BCUT2D eigenvalue weighted by Crippen LogP contribution is -2.57. The van der Waals surface area contributed by atoms with Crippen molar-refractivity contribution in [3.8, 4) is 0 Å². The van der Waals surface area contributed by atoms with E-state index in [1.807, 2.05) is 0 Å². The Morgan fingerprint density at radius 2 is 1.78 bits per heavy atom. The quantitative estimate of drug-likeness (QED) is 0.575. The highest BCUT2D eigenvalue weighted by Gasteiger charge is 2.61. The van der Waals surface area contributed by atoms with Crippen molar-refractivity contribution < 1.29 is 13.2 Å². The summed E-state index contributed by atoms with van der Waals surface area (Å²) in [7, 11) is -3.28. The van der Waals surface area contributed by atoms with Gasteiger partial charge in [0.2, 0.25) is 5.91 Å². The lowest BCUT2D eigenvalue weighted by Gasteiger charge is -2.61. The molecule has 3 aromatic rings. The molecule has 5 nitrogen and oxygen atoms in total. The number of sulfone groups is 1. The highest BCUT2D eigenvalue weighted by atomic mass is 32.2. The highest BCUT2D eigenvalue weighted by molar-refractivity contribution is 7.90. The number of anilines is 1. The van der Waals surface area contributed by atoms with Crippen molar-refractivity contribution in [1.29, 1.82) is 0 Å². The average molecular weight is 467 g/mol. The number of hydrogen-bond acceptors (Lipinski definition) is 5. The van der Waals surface area contributed by atoms with Crippen molar-refractivity contribution >= 4 is 42.4 Å². The van der Waals surface area contributed by atoms with Gasteiger partial charge in [0.15, 0.2) is 15.0 Å². The molecule has 0 radical (unpaired) electrons. The topological polar surface area (TPSA) is 76.1 Å². The largest absolute Gasteiger partial charge is 0.301 e. The Morgan fingerprint density at radius 3 is 2.47 bits per heavy atom. The number of benzene rings is 2. The van der Waals surface area contributed by atoms with Crippen LogP contribution in [0.3, 0.4) is 0 Å². The zero-order valence-electron chi connectivity index (χ0n) is 18.0. The third-order valence-electron chi connectivity index (χ3n) is 7.94. The molecule has 4 saturated carbocycles. The van der Waals surface area contributed by atoms with E-state index in [1.165, 1.54) is 42.4 Å². The fourth-order valence-electron chi connectivity index (χ4n) is 7.08. The Labute approximate surface area is 192 Å². The van der Waals surface area contributed by atoms with Gasteiger partial charge >= 0.3 is 0 Å². The van der Waals surface area contributed by atoms with Crippen molar-refractivity contribution in [2.45, 2.75) is 48.8 Å². The van der Waals surface area contributed by atoms with Crippen molar-refractivity contribution in [3.05, 3.63) is 54.1 Å². The second-order valence-corrected chi connectivity index (χ2v) is 13.3. The summed E-state index contributed by atoms with van der Waals surface area (Å²) in [5.74, 6) is 1.30. The third kappa shape index (κ3) is 3.20. The molecule has 1 amide bonds. The van der Waals surface area contributed by atoms with Gasteiger partial charge in [-0.1, -0.05) is 41.7 Å². The summed E-state index contributed by atoms with van der Waals surface area (Å²) in [5.41, 5.74) is 1.87. The molecule has 4 bridgehead atoms. The van der Waals surface area contributed by atoms with E-state index in [9.17, 15) is 13.2 Å². The third-order valence-corrected chi connectivity index (χ3v) is 9.98. The standard InChI is InChI=1S/C25H26N2O3S2/c1-32(29,30)19-7-8-20-21(10-19)31-23(26-20)27-22(28)25-13-16-9-17(14-25)12-24(11-16,15-25)18-5-3-2-4-6-18/h2-8,10,16-17H,9,11-15H2,1H3,(H,26,27,28)/t16-,17-,24?,25?/m0/s1. The van der Waals surface area contributed by atoms with Crippen molar-refractivity contribution in [2.75, 3.05) is 11.6 Å². The van der Waals surface area contributed by atoms with E-state index in [1.54, 1.807) is 18.2 Å². The van der Waals surface area contributed by atoms with Crippen LogP contribution in [0.2, 0.25) is 0 Å². The number of nitrogens with one attached hydrogen (secondary N) is 1. The van der Waals surface area contributed by atoms with Gasteiger partial charge in [0.1, 0.15) is 0 Å². The monoisotopic (exact) mass is 466 g/mol. The smallest absolute Gasteiger partial charge is 0.232 e. The van der Waals surface area contributed by atoms with Crippen LogP contribution in [0, 0.1) is 17.3 Å². The Hall–Kier alpha value is -2.25. The van der Waals surface area contributed by atoms with Gasteiger partial charge in [-0.15, -0.1) is 0 Å². The molecule has 2 aromatic carbocycles. The normalized spacial score (nSPS) is 31.2. The second kappa shape index (κ2) is 6.87. The number of fused-ring (bicyclic) bond motifs is 1. The maximum Gasteiger partial charge on any atom is 0.232 e. The van der Waals surface area contributed by atoms with Crippen molar-refractivity contribution in [1.82, 2.24) is 4.98 Å². The van der Waals surface area contributed by atoms with Gasteiger partial charge in [-0.05, 0) is 79.5 Å². The van der Waals surface area contributed by atoms with Crippen LogP contribution in [0.4, 0.5) is 5.13 Å². The fourth-order valence-corrected chi connectivity index (χ4v) is 8.70. The molecule has 0 aliphatic heterocycles. The second-order valence-electron chi connectivity index (χ2n) is 10.3. The van der Waals surface area contributed by atoms with E-state index in [-0.39, 0.29) is 21.6 Å². The number of rotatable bonds is 4. The van der Waals surface area contributed by atoms with E-state index < -0.39 is 9.84 Å². The van der Waals surface area contributed by atoms with Crippen LogP contribution in [0.1, 0.15) is 44.1 Å². The zero-order chi connectivity index (χ0) is 22.1. The van der Waals surface area contributed by atoms with E-state index in [0.717, 1.165) is 24.0 Å². The van der Waals surface area contributed by atoms with Gasteiger partial charge in [-0.3, -0.25) is 4.79 Å². The number of aromatic nitrogens is 1. The predicted octanol–water partition coefficient (Wildman–Crippen LogP) is 5.18. The van der Waals surface area contributed by atoms with E-state index in [4.69, 9.17) is 0 Å². The lowest BCUT2D eigenvalue weighted by atomic mass is 9.42. The summed E-state index contributed by atoms with van der Waals surface area (Å²) in [5, 5.41) is 3.69. The van der Waals surface area contributed by atoms with Gasteiger partial charge in [0, 0.05) is 6.26 Å². The molecule has 1 heterocycles. The first-order valence-corrected chi connectivity index (χ1v) is 13.9. The van der Waals surface area contributed by atoms with Crippen LogP contribution in [0.15, 0.2) is 53.4 Å². The molecule has 4 aliphatic carbocycles. The molecule has 0 spiro atoms. The molecule has 1 aromatic heterocycles. The summed E-state index contributed by atoms with van der Waals surface area (Å²) in [6.45, 7) is 0. The van der Waals surface area contributed by atoms with Gasteiger partial charge in [0.25, 0.3) is 0 Å². The minimum atomic E-state index is -3.28. The molecular weight excluding hydrogens is 440 g/mol. The number of nitrogens with zero attached hydrogens (tertiary/aromatic N) is 1. The summed E-state index contributed by atoms with van der Waals surface area (Å²) >= 11 is 1.35. The van der Waals surface area contributed by atoms with Crippen LogP contribution in [0.25, 0.3) is 10.2 Å².